The first-order valence-corrected chi connectivity index (χ1v) is 17.1. The topological polar surface area (TPSA) is 114 Å². The summed E-state index contributed by atoms with van der Waals surface area (Å²) in [6, 6.07) is 22.1. The van der Waals surface area contributed by atoms with Gasteiger partial charge < -0.3 is 25.0 Å². The molecule has 3 atom stereocenters. The van der Waals surface area contributed by atoms with Gasteiger partial charge in [0.05, 0.1) is 0 Å². The van der Waals surface area contributed by atoms with E-state index in [9.17, 15) is 19.2 Å². The standard InChI is InChI=1S/C41H51N3O6/c1-9-11-26-44(37(46)33(27-30-18-14-12-15-19-30)43-39(48)50-41(6,7)8)35(32-24-22-29(10-2)23-25-32)36(45)42-34(38(47)49-40(3,4)5)28-31-20-16-13-17-21-31/h2,12-25,33-35H,9,11,26-28H2,1,3-8H3,(H,42,45)(H,43,48). The minimum atomic E-state index is -1.18. The summed E-state index contributed by atoms with van der Waals surface area (Å²) in [6.45, 7) is 12.7. The Kier molecular flexibility index (Phi) is 14.2. The maximum absolute atomic E-state index is 14.7. The molecule has 0 aliphatic rings. The summed E-state index contributed by atoms with van der Waals surface area (Å²) in [4.78, 5) is 57.5. The zero-order valence-corrected chi connectivity index (χ0v) is 30.3. The predicted octanol–water partition coefficient (Wildman–Crippen LogP) is 6.54. The molecule has 0 heterocycles. The van der Waals surface area contributed by atoms with Gasteiger partial charge in [-0.1, -0.05) is 92.1 Å². The smallest absolute Gasteiger partial charge is 0.408 e. The molecule has 3 aromatic carbocycles. The van der Waals surface area contributed by atoms with Crippen LogP contribution in [0.5, 0.6) is 0 Å². The minimum absolute atomic E-state index is 0.153. The molecule has 50 heavy (non-hydrogen) atoms. The number of benzene rings is 3. The molecule has 0 aromatic heterocycles. The molecule has 3 rings (SSSR count). The zero-order valence-electron chi connectivity index (χ0n) is 30.3. The van der Waals surface area contributed by atoms with Crippen LogP contribution in [0, 0.1) is 12.3 Å². The number of carbonyl (C=O) groups excluding carboxylic acids is 4. The van der Waals surface area contributed by atoms with Crippen molar-refractivity contribution in [2.24, 2.45) is 0 Å². The first kappa shape index (κ1) is 39.3. The molecule has 3 unspecified atom stereocenters. The fourth-order valence-corrected chi connectivity index (χ4v) is 5.30. The molecule has 0 aliphatic carbocycles. The molecule has 0 fully saturated rings. The number of nitrogens with one attached hydrogen (secondary N) is 2. The fourth-order valence-electron chi connectivity index (χ4n) is 5.30. The molecular formula is C41H51N3O6. The number of rotatable bonds is 14. The number of unbranched alkanes of at least 4 members (excludes halogenated alkanes) is 1. The van der Waals surface area contributed by atoms with Crippen LogP contribution in [-0.2, 0) is 36.7 Å². The Hall–Kier alpha value is -5.10. The molecular weight excluding hydrogens is 630 g/mol. The number of amides is 3. The van der Waals surface area contributed by atoms with Crippen LogP contribution in [0.2, 0.25) is 0 Å². The SMILES string of the molecule is C#Cc1ccc(C(C(=O)NC(Cc2ccccc2)C(=O)OC(C)(C)C)N(CCCC)C(=O)C(Cc2ccccc2)NC(=O)OC(C)(C)C)cc1. The fraction of sp³-hybridized carbons (Fsp3) is 0.415. The van der Waals surface area contributed by atoms with Crippen molar-refractivity contribution < 1.29 is 28.7 Å². The number of terminal acetylenes is 1. The van der Waals surface area contributed by atoms with Crippen molar-refractivity contribution in [3.05, 3.63) is 107 Å². The van der Waals surface area contributed by atoms with Crippen LogP contribution in [0.15, 0.2) is 84.9 Å². The molecule has 3 aromatic rings. The quantitative estimate of drug-likeness (QED) is 0.148. The average molecular weight is 682 g/mol. The lowest BCUT2D eigenvalue weighted by Crippen LogP contribution is -2.55. The summed E-state index contributed by atoms with van der Waals surface area (Å²) in [5.41, 5.74) is 1.12. The average Bonchev–Trinajstić information content (AvgIpc) is 3.05. The maximum atomic E-state index is 14.7. The van der Waals surface area contributed by atoms with Crippen LogP contribution in [0.1, 0.15) is 89.6 Å². The number of hydrogen-bond donors (Lipinski definition) is 2. The maximum Gasteiger partial charge on any atom is 0.408 e. The van der Waals surface area contributed by atoms with Crippen molar-refractivity contribution in [2.75, 3.05) is 6.54 Å². The highest BCUT2D eigenvalue weighted by Gasteiger charge is 2.38. The highest BCUT2D eigenvalue weighted by atomic mass is 16.6. The number of hydrogen-bond acceptors (Lipinski definition) is 6. The number of ether oxygens (including phenoxy) is 2. The van der Waals surface area contributed by atoms with Gasteiger partial charge in [0.25, 0.3) is 0 Å². The van der Waals surface area contributed by atoms with Gasteiger partial charge in [0, 0.05) is 24.9 Å². The van der Waals surface area contributed by atoms with Crippen molar-refractivity contribution >= 4 is 23.9 Å². The summed E-state index contributed by atoms with van der Waals surface area (Å²) < 4.78 is 11.3. The Morgan fingerprint density at radius 3 is 1.74 bits per heavy atom. The zero-order chi connectivity index (χ0) is 36.9. The summed E-state index contributed by atoms with van der Waals surface area (Å²) in [5, 5.41) is 5.70. The van der Waals surface area contributed by atoms with Gasteiger partial charge in [-0.2, -0.15) is 0 Å². The second-order valence-corrected chi connectivity index (χ2v) is 14.2. The normalized spacial score (nSPS) is 13.2. The molecule has 3 amide bonds. The van der Waals surface area contributed by atoms with Crippen molar-refractivity contribution in [1.29, 1.82) is 0 Å². The summed E-state index contributed by atoms with van der Waals surface area (Å²) in [6.07, 6.45) is 6.51. The van der Waals surface area contributed by atoms with Gasteiger partial charge in [0.2, 0.25) is 11.8 Å². The van der Waals surface area contributed by atoms with Gasteiger partial charge >= 0.3 is 12.1 Å². The summed E-state index contributed by atoms with van der Waals surface area (Å²) in [5.74, 6) is 0.927. The lowest BCUT2D eigenvalue weighted by molar-refractivity contribution is -0.159. The third-order valence-corrected chi connectivity index (χ3v) is 7.55. The van der Waals surface area contributed by atoms with Gasteiger partial charge in [-0.25, -0.2) is 9.59 Å². The lowest BCUT2D eigenvalue weighted by Gasteiger charge is -2.35. The monoisotopic (exact) mass is 681 g/mol. The summed E-state index contributed by atoms with van der Waals surface area (Å²) in [7, 11) is 0. The Balaban J connectivity index is 2.11. The molecule has 2 N–H and O–H groups in total. The molecule has 0 aliphatic heterocycles. The van der Waals surface area contributed by atoms with Gasteiger partial charge in [-0.3, -0.25) is 9.59 Å². The molecule has 0 bridgehead atoms. The molecule has 0 saturated heterocycles. The minimum Gasteiger partial charge on any atom is -0.458 e. The summed E-state index contributed by atoms with van der Waals surface area (Å²) >= 11 is 0. The van der Waals surface area contributed by atoms with Gasteiger partial charge in [-0.05, 0) is 76.8 Å². The molecule has 266 valence electrons. The second-order valence-electron chi connectivity index (χ2n) is 14.2. The van der Waals surface area contributed by atoms with Gasteiger partial charge in [0.1, 0.15) is 29.3 Å². The van der Waals surface area contributed by atoms with Crippen LogP contribution in [0.4, 0.5) is 4.79 Å². The molecule has 9 nitrogen and oxygen atoms in total. The van der Waals surface area contributed by atoms with E-state index in [-0.39, 0.29) is 19.4 Å². The van der Waals surface area contributed by atoms with Crippen LogP contribution in [-0.4, -0.2) is 58.6 Å². The highest BCUT2D eigenvalue weighted by molar-refractivity contribution is 5.94. The van der Waals surface area contributed by atoms with Crippen molar-refractivity contribution in [2.45, 2.75) is 103 Å². The van der Waals surface area contributed by atoms with Crippen LogP contribution < -0.4 is 10.6 Å². The van der Waals surface area contributed by atoms with Crippen LogP contribution >= 0.6 is 0 Å². The largest absolute Gasteiger partial charge is 0.458 e. The van der Waals surface area contributed by atoms with E-state index >= 15 is 0 Å². The van der Waals surface area contributed by atoms with E-state index in [2.05, 4.69) is 16.6 Å². The van der Waals surface area contributed by atoms with E-state index in [0.29, 0.717) is 17.5 Å². The first-order valence-electron chi connectivity index (χ1n) is 17.1. The van der Waals surface area contributed by atoms with Crippen molar-refractivity contribution in [3.63, 3.8) is 0 Å². The number of nitrogens with zero attached hydrogens (tertiary/aromatic N) is 1. The second kappa shape index (κ2) is 18.1. The molecule has 0 spiro atoms. The molecule has 0 radical (unpaired) electrons. The Morgan fingerprint density at radius 2 is 1.26 bits per heavy atom. The third kappa shape index (κ3) is 12.7. The Bertz CT molecular complexity index is 1600. The van der Waals surface area contributed by atoms with Crippen molar-refractivity contribution in [3.8, 4) is 12.3 Å². The predicted molar refractivity (Wildman–Crippen MR) is 195 cm³/mol. The van der Waals surface area contributed by atoms with Gasteiger partial charge in [0.15, 0.2) is 0 Å². The van der Waals surface area contributed by atoms with E-state index in [1.807, 2.05) is 67.6 Å². The molecule has 0 saturated carbocycles. The van der Waals surface area contributed by atoms with E-state index in [1.54, 1.807) is 65.8 Å². The lowest BCUT2D eigenvalue weighted by atomic mass is 9.98. The van der Waals surface area contributed by atoms with E-state index < -0.39 is 53.2 Å². The Labute approximate surface area is 297 Å². The van der Waals surface area contributed by atoms with E-state index in [1.165, 1.54) is 4.90 Å². The Morgan fingerprint density at radius 1 is 0.740 bits per heavy atom. The van der Waals surface area contributed by atoms with Crippen LogP contribution in [0.25, 0.3) is 0 Å². The third-order valence-electron chi connectivity index (χ3n) is 7.55. The number of alkyl carbamates (subject to hydrolysis) is 1. The van der Waals surface area contributed by atoms with E-state index in [0.717, 1.165) is 17.5 Å². The molecule has 9 heteroatoms. The number of esters is 1. The van der Waals surface area contributed by atoms with E-state index in [4.69, 9.17) is 15.9 Å². The first-order chi connectivity index (χ1) is 23.6. The van der Waals surface area contributed by atoms with Crippen molar-refractivity contribution in [1.82, 2.24) is 15.5 Å². The van der Waals surface area contributed by atoms with Gasteiger partial charge in [-0.15, -0.1) is 6.42 Å². The number of carbonyl (C=O) groups is 4. The van der Waals surface area contributed by atoms with Crippen LogP contribution in [0.3, 0.4) is 0 Å². The highest BCUT2D eigenvalue weighted by Crippen LogP contribution is 2.26.